The second kappa shape index (κ2) is 5.53. The van der Waals surface area contributed by atoms with Gasteiger partial charge in [0.05, 0.1) is 4.88 Å². The number of thiophene rings is 1. The zero-order valence-electron chi connectivity index (χ0n) is 12.4. The molecule has 0 unspecified atom stereocenters. The van der Waals surface area contributed by atoms with Gasteiger partial charge in [-0.3, -0.25) is 4.79 Å². The van der Waals surface area contributed by atoms with Crippen molar-refractivity contribution in [3.05, 3.63) is 51.2 Å². The molecular weight excluding hydrogens is 280 g/mol. The van der Waals surface area contributed by atoms with Crippen molar-refractivity contribution in [3.63, 3.8) is 0 Å². The van der Waals surface area contributed by atoms with Crippen LogP contribution in [0.2, 0.25) is 0 Å². The maximum atomic E-state index is 12.8. The monoisotopic (exact) mass is 300 g/mol. The molecule has 110 valence electrons. The minimum absolute atomic E-state index is 0.141. The molecule has 21 heavy (non-hydrogen) atoms. The number of carbonyl (C=O) groups is 1. The third-order valence-corrected chi connectivity index (χ3v) is 5.16. The summed E-state index contributed by atoms with van der Waals surface area (Å²) in [6.45, 7) is 4.72. The number of nitrogen functional groups attached to an aromatic ring is 1. The third-order valence-electron chi connectivity index (χ3n) is 4.02. The van der Waals surface area contributed by atoms with Gasteiger partial charge in [-0.1, -0.05) is 18.2 Å². The van der Waals surface area contributed by atoms with Crippen molar-refractivity contribution in [2.24, 2.45) is 0 Å². The lowest BCUT2D eigenvalue weighted by Gasteiger charge is -2.22. The van der Waals surface area contributed by atoms with E-state index in [0.717, 1.165) is 29.0 Å². The van der Waals surface area contributed by atoms with Gasteiger partial charge in [-0.25, -0.2) is 0 Å². The van der Waals surface area contributed by atoms with Gasteiger partial charge in [-0.2, -0.15) is 0 Å². The molecule has 0 bridgehead atoms. The molecule has 1 fully saturated rings. The topological polar surface area (TPSA) is 46.3 Å². The van der Waals surface area contributed by atoms with Gasteiger partial charge >= 0.3 is 0 Å². The van der Waals surface area contributed by atoms with Crippen LogP contribution in [0.3, 0.4) is 0 Å². The molecule has 0 saturated heterocycles. The molecule has 0 spiro atoms. The first-order valence-electron chi connectivity index (χ1n) is 7.27. The molecule has 2 aromatic rings. The fourth-order valence-electron chi connectivity index (χ4n) is 2.43. The van der Waals surface area contributed by atoms with Crippen LogP contribution < -0.4 is 5.73 Å². The maximum absolute atomic E-state index is 12.8. The van der Waals surface area contributed by atoms with Gasteiger partial charge in [0.15, 0.2) is 0 Å². The molecule has 3 nitrogen and oxygen atoms in total. The van der Waals surface area contributed by atoms with Gasteiger partial charge in [0.2, 0.25) is 0 Å². The molecule has 0 aliphatic heterocycles. The average molecular weight is 300 g/mol. The molecule has 1 amide bonds. The molecule has 1 heterocycles. The van der Waals surface area contributed by atoms with Gasteiger partial charge < -0.3 is 10.6 Å². The summed E-state index contributed by atoms with van der Waals surface area (Å²) in [5, 5.41) is 0. The summed E-state index contributed by atoms with van der Waals surface area (Å²) in [5.41, 5.74) is 9.00. The number of amides is 1. The quantitative estimate of drug-likeness (QED) is 0.874. The van der Waals surface area contributed by atoms with Crippen LogP contribution in [0.15, 0.2) is 30.3 Å². The number of benzene rings is 1. The minimum Gasteiger partial charge on any atom is -0.398 e. The van der Waals surface area contributed by atoms with Crippen LogP contribution >= 0.6 is 11.3 Å². The molecule has 1 aromatic heterocycles. The molecule has 1 aliphatic rings. The summed E-state index contributed by atoms with van der Waals surface area (Å²) >= 11 is 1.59. The highest BCUT2D eigenvalue weighted by Gasteiger charge is 2.34. The van der Waals surface area contributed by atoms with Crippen molar-refractivity contribution >= 4 is 22.9 Å². The lowest BCUT2D eigenvalue weighted by atomic mass is 10.1. The molecule has 0 radical (unpaired) electrons. The molecule has 1 aromatic carbocycles. The Hall–Kier alpha value is -1.81. The largest absolute Gasteiger partial charge is 0.398 e. The number of anilines is 1. The van der Waals surface area contributed by atoms with Gasteiger partial charge in [0, 0.05) is 23.2 Å². The van der Waals surface area contributed by atoms with Gasteiger partial charge in [0.25, 0.3) is 5.91 Å². The van der Waals surface area contributed by atoms with Crippen molar-refractivity contribution in [1.82, 2.24) is 4.90 Å². The summed E-state index contributed by atoms with van der Waals surface area (Å²) < 4.78 is 0. The van der Waals surface area contributed by atoms with Crippen LogP contribution in [0.25, 0.3) is 0 Å². The van der Waals surface area contributed by atoms with Gasteiger partial charge in [-0.15, -0.1) is 11.3 Å². The number of hydrogen-bond donors (Lipinski definition) is 1. The Labute approximate surface area is 129 Å². The summed E-state index contributed by atoms with van der Waals surface area (Å²) in [5.74, 6) is 0.141. The van der Waals surface area contributed by atoms with Gasteiger partial charge in [-0.05, 0) is 49.9 Å². The molecule has 0 atom stereocenters. The Morgan fingerprint density at radius 3 is 2.62 bits per heavy atom. The fourth-order valence-corrected chi connectivity index (χ4v) is 3.42. The number of nitrogens with two attached hydrogens (primary N) is 1. The normalized spacial score (nSPS) is 14.2. The van der Waals surface area contributed by atoms with Gasteiger partial charge in [0.1, 0.15) is 0 Å². The lowest BCUT2D eigenvalue weighted by molar-refractivity contribution is 0.0735. The summed E-state index contributed by atoms with van der Waals surface area (Å²) in [6, 6.07) is 10.2. The first-order valence-corrected chi connectivity index (χ1v) is 8.09. The SMILES string of the molecule is Cc1cc(C(=O)N(Cc2ccccc2N)C2CC2)sc1C. The van der Waals surface area contributed by atoms with Crippen LogP contribution in [-0.2, 0) is 6.54 Å². The lowest BCUT2D eigenvalue weighted by Crippen LogP contribution is -2.32. The zero-order valence-corrected chi connectivity index (χ0v) is 13.2. The van der Waals surface area contributed by atoms with Crippen molar-refractivity contribution in [3.8, 4) is 0 Å². The highest BCUT2D eigenvalue weighted by molar-refractivity contribution is 7.14. The Bertz CT molecular complexity index is 654. The van der Waals surface area contributed by atoms with E-state index < -0.39 is 0 Å². The van der Waals surface area contributed by atoms with E-state index in [1.54, 1.807) is 11.3 Å². The molecule has 4 heteroatoms. The van der Waals surface area contributed by atoms with E-state index in [2.05, 4.69) is 13.8 Å². The van der Waals surface area contributed by atoms with Crippen molar-refractivity contribution in [1.29, 1.82) is 0 Å². The zero-order chi connectivity index (χ0) is 15.0. The number of para-hydroxylation sites is 1. The van der Waals surface area contributed by atoms with E-state index in [1.807, 2.05) is 35.2 Å². The van der Waals surface area contributed by atoms with Crippen LogP contribution in [0.1, 0.15) is 38.5 Å². The van der Waals surface area contributed by atoms with Crippen LogP contribution in [0, 0.1) is 13.8 Å². The molecule has 1 saturated carbocycles. The predicted molar refractivity (Wildman–Crippen MR) is 87.5 cm³/mol. The molecule has 1 aliphatic carbocycles. The second-order valence-corrected chi connectivity index (χ2v) is 6.97. The first-order chi connectivity index (χ1) is 10.1. The number of aryl methyl sites for hydroxylation is 2. The summed E-state index contributed by atoms with van der Waals surface area (Å²) in [6.07, 6.45) is 2.20. The van der Waals surface area contributed by atoms with Crippen LogP contribution in [0.4, 0.5) is 5.69 Å². The Morgan fingerprint density at radius 1 is 1.33 bits per heavy atom. The van der Waals surface area contributed by atoms with Crippen LogP contribution in [0.5, 0.6) is 0 Å². The number of rotatable bonds is 4. The van der Waals surface area contributed by atoms with E-state index in [9.17, 15) is 4.79 Å². The fraction of sp³-hybridized carbons (Fsp3) is 0.353. The van der Waals surface area contributed by atoms with E-state index in [0.29, 0.717) is 12.6 Å². The number of nitrogens with zero attached hydrogens (tertiary/aromatic N) is 1. The summed E-state index contributed by atoms with van der Waals surface area (Å²) in [7, 11) is 0. The van der Waals surface area contributed by atoms with Crippen molar-refractivity contribution < 1.29 is 4.79 Å². The number of carbonyl (C=O) groups excluding carboxylic acids is 1. The Morgan fingerprint density at radius 2 is 2.05 bits per heavy atom. The molecule has 3 rings (SSSR count). The highest BCUT2D eigenvalue weighted by Crippen LogP contribution is 2.32. The predicted octanol–water partition coefficient (Wildman–Crippen LogP) is 3.75. The smallest absolute Gasteiger partial charge is 0.264 e. The Kier molecular flexibility index (Phi) is 3.72. The highest BCUT2D eigenvalue weighted by atomic mass is 32.1. The summed E-state index contributed by atoms with van der Waals surface area (Å²) in [4.78, 5) is 16.8. The molecule has 2 N–H and O–H groups in total. The molecular formula is C17H20N2OS. The maximum Gasteiger partial charge on any atom is 0.264 e. The number of hydrogen-bond acceptors (Lipinski definition) is 3. The van der Waals surface area contributed by atoms with E-state index >= 15 is 0 Å². The standard InChI is InChI=1S/C17H20N2OS/c1-11-9-16(21-12(11)2)17(20)19(14-7-8-14)10-13-5-3-4-6-15(13)18/h3-6,9,14H,7-8,10,18H2,1-2H3. The van der Waals surface area contributed by atoms with E-state index in [-0.39, 0.29) is 5.91 Å². The van der Waals surface area contributed by atoms with Crippen molar-refractivity contribution in [2.75, 3.05) is 5.73 Å². The van der Waals surface area contributed by atoms with Crippen LogP contribution in [-0.4, -0.2) is 16.8 Å². The van der Waals surface area contributed by atoms with E-state index in [4.69, 9.17) is 5.73 Å². The minimum atomic E-state index is 0.141. The third kappa shape index (κ3) is 2.95. The van der Waals surface area contributed by atoms with Crippen molar-refractivity contribution in [2.45, 2.75) is 39.3 Å². The average Bonchev–Trinajstić information content (AvgIpc) is 3.24. The first kappa shape index (κ1) is 14.1. The Balaban J connectivity index is 1.85. The second-order valence-electron chi connectivity index (χ2n) is 5.71. The van der Waals surface area contributed by atoms with E-state index in [1.165, 1.54) is 10.4 Å².